The lowest BCUT2D eigenvalue weighted by Crippen LogP contribution is -2.62. The van der Waals surface area contributed by atoms with E-state index in [4.69, 9.17) is 23.9 Å². The minimum atomic E-state index is -2.80. The molecule has 4 aromatic rings. The summed E-state index contributed by atoms with van der Waals surface area (Å²) in [5.41, 5.74) is 10.8. The van der Waals surface area contributed by atoms with Gasteiger partial charge in [-0.15, -0.1) is 0 Å². The molecule has 7 fully saturated rings. The van der Waals surface area contributed by atoms with Crippen LogP contribution in [0.15, 0.2) is 48.7 Å². The van der Waals surface area contributed by atoms with Gasteiger partial charge in [-0.05, 0) is 142 Å². The van der Waals surface area contributed by atoms with Crippen LogP contribution in [0.5, 0.6) is 0 Å². The molecule has 8 heterocycles. The lowest BCUT2D eigenvalue weighted by atomic mass is 9.84. The highest BCUT2D eigenvalue weighted by molar-refractivity contribution is 5.96. The molecule has 9 atom stereocenters. The Hall–Kier alpha value is -5.12. The molecule has 3 N–H and O–H groups in total. The first-order chi connectivity index (χ1) is 41.1. The summed E-state index contributed by atoms with van der Waals surface area (Å²) in [6.07, 6.45) is 7.84. The average Bonchev–Trinajstić information content (AvgIpc) is 2.59. The molecule has 6 bridgehead atoms. The van der Waals surface area contributed by atoms with Gasteiger partial charge in [-0.3, -0.25) is 39.5 Å². The number of hydrazine groups is 1. The maximum atomic E-state index is 15.5. The number of likely N-dealkylation sites (N-methyl/N-ethyl adjacent to an activating group) is 1. The lowest BCUT2D eigenvalue weighted by molar-refractivity contribution is -0.143. The highest BCUT2D eigenvalue weighted by atomic mass is 19.3. The predicted octanol–water partition coefficient (Wildman–Crippen LogP) is 8.27. The number of alkyl halides is 2. The number of piperazine rings is 1. The number of aromatic nitrogens is 2. The van der Waals surface area contributed by atoms with E-state index in [1.807, 2.05) is 37.2 Å². The number of benzene rings is 2. The number of hydrogen-bond acceptors (Lipinski definition) is 13. The van der Waals surface area contributed by atoms with Crippen molar-refractivity contribution in [1.82, 2.24) is 45.3 Å². The van der Waals surface area contributed by atoms with Gasteiger partial charge in [0.1, 0.15) is 18.2 Å². The summed E-state index contributed by atoms with van der Waals surface area (Å²) in [5.74, 6) is 0.275. The van der Waals surface area contributed by atoms with E-state index in [0.29, 0.717) is 94.3 Å². The van der Waals surface area contributed by atoms with E-state index < -0.39 is 30.2 Å². The number of fused-ring (bicyclic) bond motifs is 9. The maximum absolute atomic E-state index is 15.5. The second kappa shape index (κ2) is 25.5. The first kappa shape index (κ1) is 60.2. The minimum absolute atomic E-state index is 0.00751. The number of hydrogen-bond donors (Lipinski definition) is 3. The van der Waals surface area contributed by atoms with Crippen LogP contribution >= 0.6 is 0 Å². The molecule has 2 unspecified atom stereocenters. The molecule has 2 aromatic heterocycles. The molecule has 2 aliphatic carbocycles. The Morgan fingerprint density at radius 3 is 2.55 bits per heavy atom. The van der Waals surface area contributed by atoms with Crippen molar-refractivity contribution in [3.63, 3.8) is 0 Å². The van der Waals surface area contributed by atoms with Crippen molar-refractivity contribution < 1.29 is 42.1 Å². The fourth-order valence-corrected chi connectivity index (χ4v) is 15.0. The fraction of sp³-hybridized carbons (Fsp3) is 0.667. The number of methoxy groups -OCH3 is 1. The molecule has 2 saturated carbocycles. The van der Waals surface area contributed by atoms with Crippen LogP contribution in [0, 0.1) is 17.3 Å². The Balaban J connectivity index is 0.913. The third-order valence-electron chi connectivity index (χ3n) is 19.8. The zero-order valence-corrected chi connectivity index (χ0v) is 51.3. The molecule has 0 spiro atoms. The van der Waals surface area contributed by atoms with Gasteiger partial charge < -0.3 is 38.6 Å². The average molecular weight is 1180 g/mol. The van der Waals surface area contributed by atoms with Crippen LogP contribution in [0.1, 0.15) is 134 Å². The molecule has 85 heavy (non-hydrogen) atoms. The summed E-state index contributed by atoms with van der Waals surface area (Å²) < 4.78 is 58.4. The standard InChI is InChI=1S/C66H92F2N10O7/c1-8-21-75(23-13-22-73(6)64(81)57-56(71-57)42-17-18-42)58(43-14-10-11-15-43)62(79)70-53-31-41-29-45(32-46(30-41)61(67)68)44-19-20-54-49(33-44)51(35-66(4,5)39-84-65-60(85-65)52-16-12-24-78(72-52)63(53)80)59(77(54)9-2)50-34-47(36-69-55(50)40(3)82-7)76-26-25-74-27-28-83-38-48(74)37-76/h19-20,29-30,32-34,36,40,42-43,48,52-53,56-58,60-61,65,71-72H,8-18,21-28,31,35,37-39H2,1-7H3,(H,70,79)/t40-,48-,52-,53-,56+,57+,58-,60?,65?/m0/s1. The molecule has 5 saturated heterocycles. The quantitative estimate of drug-likeness (QED) is 0.0815. The van der Waals surface area contributed by atoms with Gasteiger partial charge >= 0.3 is 0 Å². The van der Waals surface area contributed by atoms with Crippen molar-refractivity contribution in [2.24, 2.45) is 17.3 Å². The number of rotatable bonds is 18. The number of nitrogens with zero attached hydrogens (tertiary/aromatic N) is 7. The summed E-state index contributed by atoms with van der Waals surface area (Å²) >= 11 is 0. The number of nitrogens with one attached hydrogen (secondary N) is 3. The van der Waals surface area contributed by atoms with Crippen LogP contribution in [-0.2, 0) is 52.7 Å². The number of carbonyl (C=O) groups is 3. The van der Waals surface area contributed by atoms with Crippen molar-refractivity contribution in [2.45, 2.75) is 179 Å². The molecule has 17 nitrogen and oxygen atoms in total. The van der Waals surface area contributed by atoms with Gasteiger partial charge in [-0.1, -0.05) is 51.8 Å². The molecule has 2 aromatic carbocycles. The van der Waals surface area contributed by atoms with Gasteiger partial charge in [0.2, 0.25) is 11.8 Å². The van der Waals surface area contributed by atoms with E-state index in [1.54, 1.807) is 18.2 Å². The lowest BCUT2D eigenvalue weighted by Gasteiger charge is -2.44. The van der Waals surface area contributed by atoms with Crippen molar-refractivity contribution in [3.05, 3.63) is 71.0 Å². The molecule has 462 valence electrons. The van der Waals surface area contributed by atoms with E-state index in [2.05, 4.69) is 81.2 Å². The largest absolute Gasteiger partial charge is 0.378 e. The van der Waals surface area contributed by atoms with Gasteiger partial charge in [0.25, 0.3) is 12.3 Å². The summed E-state index contributed by atoms with van der Waals surface area (Å²) in [4.78, 5) is 58.5. The van der Waals surface area contributed by atoms with Crippen molar-refractivity contribution >= 4 is 34.3 Å². The van der Waals surface area contributed by atoms with Crippen LogP contribution in [0.25, 0.3) is 33.3 Å². The molecule has 6 aliphatic heterocycles. The molecular weight excluding hydrogens is 1080 g/mol. The summed E-state index contributed by atoms with van der Waals surface area (Å²) in [5, 5.41) is 9.34. The minimum Gasteiger partial charge on any atom is -0.378 e. The number of pyridine rings is 1. The zero-order chi connectivity index (χ0) is 59.3. The summed E-state index contributed by atoms with van der Waals surface area (Å²) in [6, 6.07) is 12.3. The monoisotopic (exact) mass is 1170 g/mol. The third-order valence-corrected chi connectivity index (χ3v) is 19.8. The number of morpholine rings is 1. The van der Waals surface area contributed by atoms with Gasteiger partial charge in [0.15, 0.2) is 6.29 Å². The van der Waals surface area contributed by atoms with Gasteiger partial charge in [0, 0.05) is 101 Å². The van der Waals surface area contributed by atoms with Crippen LogP contribution < -0.4 is 21.0 Å². The number of epoxide rings is 1. The van der Waals surface area contributed by atoms with Crippen molar-refractivity contribution in [2.75, 3.05) is 91.2 Å². The number of ether oxygens (including phenoxy) is 4. The Labute approximate surface area is 501 Å². The number of aryl methyl sites for hydroxylation is 1. The SMILES string of the molecule is CCCN(CCCN(C)C(=O)[C@@H]1N[C@@H]1C1CC1)[C@H](C(=O)N[C@H]1Cc2cc(cc(C(F)F)c2)-c2ccc3c(c2)c(c(-c2cc(N4CCN5CCOC[C@@H]5C4)cnc2[C@H](C)OC)n3CC)CC(C)(C)COC2OC2[C@@H]2CCCN(N2)C1=O)C1CCCC1. The van der Waals surface area contributed by atoms with Crippen molar-refractivity contribution in [3.8, 4) is 22.4 Å². The molecule has 0 radical (unpaired) electrons. The number of anilines is 1. The molecule has 19 heteroatoms. The zero-order valence-electron chi connectivity index (χ0n) is 51.3. The highest BCUT2D eigenvalue weighted by Crippen LogP contribution is 2.45. The van der Waals surface area contributed by atoms with Crippen LogP contribution in [0.2, 0.25) is 0 Å². The molecular formula is C66H92F2N10O7. The topological polar surface area (TPSA) is 171 Å². The normalized spacial score (nSPS) is 27.1. The van der Waals surface area contributed by atoms with Gasteiger partial charge in [-0.25, -0.2) is 14.2 Å². The van der Waals surface area contributed by atoms with Crippen LogP contribution in [0.4, 0.5) is 14.5 Å². The predicted molar refractivity (Wildman–Crippen MR) is 324 cm³/mol. The van der Waals surface area contributed by atoms with Crippen LogP contribution in [-0.4, -0.2) is 182 Å². The smallest absolute Gasteiger partial charge is 0.263 e. The Bertz CT molecular complexity index is 3060. The number of amides is 3. The first-order valence-corrected chi connectivity index (χ1v) is 32.2. The molecule has 8 aliphatic rings. The highest BCUT2D eigenvalue weighted by Gasteiger charge is 2.52. The summed E-state index contributed by atoms with van der Waals surface area (Å²) in [7, 11) is 3.60. The van der Waals surface area contributed by atoms with E-state index in [-0.39, 0.29) is 59.9 Å². The number of carbonyl (C=O) groups excluding carboxylic acids is 3. The van der Waals surface area contributed by atoms with Crippen LogP contribution in [0.3, 0.4) is 0 Å². The van der Waals surface area contributed by atoms with E-state index >= 15 is 18.4 Å². The second-order valence-corrected chi connectivity index (χ2v) is 26.7. The molecule has 12 rings (SSSR count). The van der Waals surface area contributed by atoms with E-state index in [1.165, 1.54) is 18.9 Å². The fourth-order valence-electron chi connectivity index (χ4n) is 15.0. The van der Waals surface area contributed by atoms with E-state index in [9.17, 15) is 4.79 Å². The Morgan fingerprint density at radius 1 is 0.965 bits per heavy atom. The van der Waals surface area contributed by atoms with Gasteiger partial charge in [0.05, 0.1) is 67.3 Å². The third kappa shape index (κ3) is 13.1. The Morgan fingerprint density at radius 2 is 1.79 bits per heavy atom. The van der Waals surface area contributed by atoms with Gasteiger partial charge in [-0.2, -0.15) is 0 Å². The van der Waals surface area contributed by atoms with E-state index in [0.717, 1.165) is 116 Å². The maximum Gasteiger partial charge on any atom is 0.263 e. The Kier molecular flexibility index (Phi) is 18.1. The van der Waals surface area contributed by atoms with Crippen molar-refractivity contribution in [1.29, 1.82) is 0 Å². The first-order valence-electron chi connectivity index (χ1n) is 32.2. The molecule has 3 amide bonds. The number of halogens is 2. The summed E-state index contributed by atoms with van der Waals surface area (Å²) in [6.45, 7) is 19.1. The second-order valence-electron chi connectivity index (χ2n) is 26.7.